The Hall–Kier alpha value is -1.64. The standard InChI is InChI=1S/C20H34N4O3S/c1-15(2)18(22(5)6)14-21-20(25)23-9-11-24(12-10-23)28(26,27)19-13-16(3)7-8-17(19)4/h7-8,13,15,18H,9-12,14H2,1-6H3,(H,21,25)/t18-/m1/s1. The average molecular weight is 411 g/mol. The normalized spacial score (nSPS) is 17.2. The third-order valence-electron chi connectivity index (χ3n) is 5.38. The molecule has 0 unspecified atom stereocenters. The van der Waals surface area contributed by atoms with Crippen molar-refractivity contribution >= 4 is 16.1 Å². The van der Waals surface area contributed by atoms with Gasteiger partial charge in [0.2, 0.25) is 10.0 Å². The van der Waals surface area contributed by atoms with Crippen LogP contribution in [0.15, 0.2) is 23.1 Å². The summed E-state index contributed by atoms with van der Waals surface area (Å²) in [4.78, 5) is 16.7. The SMILES string of the molecule is Cc1ccc(C)c(S(=O)(=O)N2CCN(C(=O)NC[C@H](C(C)C)N(C)C)CC2)c1. The van der Waals surface area contributed by atoms with Crippen LogP contribution in [0.1, 0.15) is 25.0 Å². The lowest BCUT2D eigenvalue weighted by Crippen LogP contribution is -2.54. The van der Waals surface area contributed by atoms with Crippen molar-refractivity contribution in [2.75, 3.05) is 46.8 Å². The van der Waals surface area contributed by atoms with Crippen LogP contribution in [0, 0.1) is 19.8 Å². The first kappa shape index (κ1) is 22.6. The Bertz CT molecular complexity index is 777. The third-order valence-corrected chi connectivity index (χ3v) is 7.42. The molecule has 1 aliphatic rings. The van der Waals surface area contributed by atoms with Crippen LogP contribution in [0.25, 0.3) is 0 Å². The second-order valence-electron chi connectivity index (χ2n) is 8.12. The second-order valence-corrected chi connectivity index (χ2v) is 10.0. The zero-order valence-corrected chi connectivity index (χ0v) is 18.7. The van der Waals surface area contributed by atoms with E-state index in [1.807, 2.05) is 40.1 Å². The van der Waals surface area contributed by atoms with E-state index in [0.29, 0.717) is 43.5 Å². The molecule has 1 aliphatic heterocycles. The maximum atomic E-state index is 13.0. The number of nitrogens with one attached hydrogen (secondary N) is 1. The summed E-state index contributed by atoms with van der Waals surface area (Å²) < 4.78 is 27.5. The number of likely N-dealkylation sites (N-methyl/N-ethyl adjacent to an activating group) is 1. The fourth-order valence-corrected chi connectivity index (χ4v) is 5.31. The summed E-state index contributed by atoms with van der Waals surface area (Å²) >= 11 is 0. The molecular weight excluding hydrogens is 376 g/mol. The van der Waals surface area contributed by atoms with Crippen LogP contribution in [-0.2, 0) is 10.0 Å². The van der Waals surface area contributed by atoms with E-state index in [-0.39, 0.29) is 12.1 Å². The van der Waals surface area contributed by atoms with Crippen molar-refractivity contribution in [2.24, 2.45) is 5.92 Å². The predicted molar refractivity (Wildman–Crippen MR) is 112 cm³/mol. The average Bonchev–Trinajstić information content (AvgIpc) is 2.63. The first-order chi connectivity index (χ1) is 13.0. The maximum Gasteiger partial charge on any atom is 0.317 e. The predicted octanol–water partition coefficient (Wildman–Crippen LogP) is 1.91. The second kappa shape index (κ2) is 9.24. The molecule has 158 valence electrons. The number of sulfonamides is 1. The summed E-state index contributed by atoms with van der Waals surface area (Å²) in [7, 11) is 0.471. The van der Waals surface area contributed by atoms with Crippen molar-refractivity contribution in [3.8, 4) is 0 Å². The van der Waals surface area contributed by atoms with E-state index < -0.39 is 10.0 Å². The summed E-state index contributed by atoms with van der Waals surface area (Å²) in [6.45, 7) is 9.94. The number of carbonyl (C=O) groups is 1. The molecule has 1 atom stereocenters. The van der Waals surface area contributed by atoms with Gasteiger partial charge in [0.1, 0.15) is 0 Å². The summed E-state index contributed by atoms with van der Waals surface area (Å²) in [5, 5.41) is 2.99. The molecule has 0 aromatic heterocycles. The largest absolute Gasteiger partial charge is 0.336 e. The molecule has 0 radical (unpaired) electrons. The van der Waals surface area contributed by atoms with Gasteiger partial charge in [0.15, 0.2) is 0 Å². The van der Waals surface area contributed by atoms with Gasteiger partial charge in [0.25, 0.3) is 0 Å². The maximum absolute atomic E-state index is 13.0. The van der Waals surface area contributed by atoms with E-state index in [1.165, 1.54) is 4.31 Å². The van der Waals surface area contributed by atoms with E-state index in [2.05, 4.69) is 24.1 Å². The lowest BCUT2D eigenvalue weighted by Gasteiger charge is -2.35. The molecule has 1 N–H and O–H groups in total. The van der Waals surface area contributed by atoms with Gasteiger partial charge in [-0.15, -0.1) is 0 Å². The molecule has 1 saturated heterocycles. The van der Waals surface area contributed by atoms with Gasteiger partial charge in [-0.25, -0.2) is 13.2 Å². The summed E-state index contributed by atoms with van der Waals surface area (Å²) in [5.41, 5.74) is 1.66. The summed E-state index contributed by atoms with van der Waals surface area (Å²) in [6, 6.07) is 5.60. The van der Waals surface area contributed by atoms with Gasteiger partial charge in [0.05, 0.1) is 4.90 Å². The zero-order chi connectivity index (χ0) is 21.1. The van der Waals surface area contributed by atoms with Gasteiger partial charge in [0, 0.05) is 38.8 Å². The van der Waals surface area contributed by atoms with Gasteiger partial charge in [-0.1, -0.05) is 26.0 Å². The minimum absolute atomic E-state index is 0.128. The van der Waals surface area contributed by atoms with Crippen LogP contribution in [0.5, 0.6) is 0 Å². The van der Waals surface area contributed by atoms with Crippen LogP contribution in [-0.4, -0.2) is 81.4 Å². The van der Waals surface area contributed by atoms with E-state index in [4.69, 9.17) is 0 Å². The van der Waals surface area contributed by atoms with Crippen molar-refractivity contribution in [3.63, 3.8) is 0 Å². The molecular formula is C20H34N4O3S. The van der Waals surface area contributed by atoms with E-state index >= 15 is 0 Å². The number of carbonyl (C=O) groups excluding carboxylic acids is 1. The number of rotatable bonds is 6. The molecule has 2 rings (SSSR count). The molecule has 0 bridgehead atoms. The van der Waals surface area contributed by atoms with Crippen molar-refractivity contribution in [1.29, 1.82) is 0 Å². The Kier molecular flexibility index (Phi) is 7.47. The number of aryl methyl sites for hydroxylation is 2. The summed E-state index contributed by atoms with van der Waals surface area (Å²) in [5.74, 6) is 0.426. The fraction of sp³-hybridized carbons (Fsp3) is 0.650. The third kappa shape index (κ3) is 5.24. The Labute approximate surface area is 169 Å². The van der Waals surface area contributed by atoms with Gasteiger partial charge in [-0.2, -0.15) is 4.31 Å². The molecule has 1 aromatic rings. The van der Waals surface area contributed by atoms with Crippen LogP contribution < -0.4 is 5.32 Å². The van der Waals surface area contributed by atoms with Crippen LogP contribution in [0.3, 0.4) is 0 Å². The number of hydrogen-bond donors (Lipinski definition) is 1. The van der Waals surface area contributed by atoms with Crippen molar-refractivity contribution < 1.29 is 13.2 Å². The molecule has 0 spiro atoms. The van der Waals surface area contributed by atoms with Gasteiger partial charge < -0.3 is 15.1 Å². The van der Waals surface area contributed by atoms with Crippen molar-refractivity contribution in [3.05, 3.63) is 29.3 Å². The highest BCUT2D eigenvalue weighted by molar-refractivity contribution is 7.89. The number of benzene rings is 1. The molecule has 7 nitrogen and oxygen atoms in total. The minimum Gasteiger partial charge on any atom is -0.336 e. The van der Waals surface area contributed by atoms with Gasteiger partial charge >= 0.3 is 6.03 Å². The molecule has 1 heterocycles. The minimum atomic E-state index is -3.54. The van der Waals surface area contributed by atoms with Crippen molar-refractivity contribution in [2.45, 2.75) is 38.6 Å². The lowest BCUT2D eigenvalue weighted by atomic mass is 10.0. The highest BCUT2D eigenvalue weighted by Crippen LogP contribution is 2.22. The first-order valence-corrected chi connectivity index (χ1v) is 11.2. The van der Waals surface area contributed by atoms with Crippen LogP contribution in [0.4, 0.5) is 4.79 Å². The zero-order valence-electron chi connectivity index (χ0n) is 17.9. The Morgan fingerprint density at radius 2 is 1.75 bits per heavy atom. The topological polar surface area (TPSA) is 73.0 Å². The number of hydrogen-bond acceptors (Lipinski definition) is 4. The Morgan fingerprint density at radius 3 is 2.29 bits per heavy atom. The number of nitrogens with zero attached hydrogens (tertiary/aromatic N) is 3. The molecule has 8 heteroatoms. The molecule has 1 aromatic carbocycles. The van der Waals surface area contributed by atoms with E-state index in [1.54, 1.807) is 11.0 Å². The van der Waals surface area contributed by atoms with Gasteiger partial charge in [-0.05, 0) is 51.1 Å². The summed E-state index contributed by atoms with van der Waals surface area (Å²) in [6.07, 6.45) is 0. The van der Waals surface area contributed by atoms with Crippen molar-refractivity contribution in [1.82, 2.24) is 19.4 Å². The lowest BCUT2D eigenvalue weighted by molar-refractivity contribution is 0.164. The molecule has 28 heavy (non-hydrogen) atoms. The smallest absolute Gasteiger partial charge is 0.317 e. The molecule has 0 aliphatic carbocycles. The van der Waals surface area contributed by atoms with Crippen LogP contribution >= 0.6 is 0 Å². The molecule has 2 amide bonds. The Morgan fingerprint density at radius 1 is 1.14 bits per heavy atom. The Balaban J connectivity index is 1.96. The molecule has 0 saturated carbocycles. The quantitative estimate of drug-likeness (QED) is 0.778. The van der Waals surface area contributed by atoms with E-state index in [0.717, 1.165) is 11.1 Å². The van der Waals surface area contributed by atoms with Crippen LogP contribution in [0.2, 0.25) is 0 Å². The van der Waals surface area contributed by atoms with E-state index in [9.17, 15) is 13.2 Å². The number of urea groups is 1. The highest BCUT2D eigenvalue weighted by atomic mass is 32.2. The number of amides is 2. The first-order valence-electron chi connectivity index (χ1n) is 9.80. The fourth-order valence-electron chi connectivity index (χ4n) is 3.57. The monoisotopic (exact) mass is 410 g/mol. The molecule has 1 fully saturated rings. The highest BCUT2D eigenvalue weighted by Gasteiger charge is 2.31. The number of piperazine rings is 1. The van der Waals surface area contributed by atoms with Gasteiger partial charge in [-0.3, -0.25) is 0 Å².